The third-order valence-corrected chi connectivity index (χ3v) is 6.81. The maximum absolute atomic E-state index is 12.9. The first-order valence-corrected chi connectivity index (χ1v) is 11.6. The van der Waals surface area contributed by atoms with Gasteiger partial charge in [-0.15, -0.1) is 0 Å². The Kier molecular flexibility index (Phi) is 5.70. The average Bonchev–Trinajstić information content (AvgIpc) is 3.42. The van der Waals surface area contributed by atoms with Crippen LogP contribution in [0.15, 0.2) is 49.1 Å². The first kappa shape index (κ1) is 22.0. The van der Waals surface area contributed by atoms with Gasteiger partial charge in [0.15, 0.2) is 11.5 Å². The number of nitrogens with zero attached hydrogens (tertiary/aromatic N) is 3. The second-order valence-corrected chi connectivity index (χ2v) is 8.88. The summed E-state index contributed by atoms with van der Waals surface area (Å²) in [4.78, 5) is 17.6. The number of fused-ring (bicyclic) bond motifs is 2. The molecule has 0 spiro atoms. The Labute approximate surface area is 200 Å². The molecular weight excluding hydrogens is 452 g/mol. The number of carbonyl (C=O) groups excluding carboxylic acids is 1. The van der Waals surface area contributed by atoms with Crippen LogP contribution in [0.1, 0.15) is 29.2 Å². The van der Waals surface area contributed by atoms with Crippen molar-refractivity contribution in [1.29, 1.82) is 0 Å². The van der Waals surface area contributed by atoms with Gasteiger partial charge in [-0.25, -0.2) is 4.98 Å². The lowest BCUT2D eigenvalue weighted by atomic mass is 9.85. The number of ether oxygens (including phenoxy) is 3. The van der Waals surface area contributed by atoms with Crippen molar-refractivity contribution in [2.45, 2.75) is 19.3 Å². The maximum Gasteiger partial charge on any atom is 0.226 e. The van der Waals surface area contributed by atoms with E-state index in [9.17, 15) is 4.79 Å². The second kappa shape index (κ2) is 8.83. The zero-order chi connectivity index (χ0) is 23.8. The van der Waals surface area contributed by atoms with Gasteiger partial charge in [-0.05, 0) is 31.2 Å². The van der Waals surface area contributed by atoms with Gasteiger partial charge in [0.05, 0.1) is 30.1 Å². The summed E-state index contributed by atoms with van der Waals surface area (Å²) in [6, 6.07) is 11.5. The Bertz CT molecular complexity index is 1410. The first-order valence-electron chi connectivity index (χ1n) is 10.8. The lowest BCUT2D eigenvalue weighted by molar-refractivity contribution is -0.116. The molecule has 34 heavy (non-hydrogen) atoms. The number of aromatic nitrogens is 3. The number of methoxy groups -OCH3 is 2. The van der Waals surface area contributed by atoms with Crippen LogP contribution in [0.2, 0.25) is 0 Å². The van der Waals surface area contributed by atoms with E-state index >= 15 is 0 Å². The van der Waals surface area contributed by atoms with Crippen LogP contribution in [-0.2, 0) is 4.79 Å². The molecule has 1 aliphatic heterocycles. The van der Waals surface area contributed by atoms with Crippen LogP contribution < -0.4 is 19.5 Å². The molecule has 9 heteroatoms. The van der Waals surface area contributed by atoms with Gasteiger partial charge in [-0.1, -0.05) is 36.1 Å². The monoisotopic (exact) mass is 476 g/mol. The molecule has 1 aliphatic rings. The van der Waals surface area contributed by atoms with Crippen molar-refractivity contribution in [2.24, 2.45) is 0 Å². The minimum absolute atomic E-state index is 0.0982. The van der Waals surface area contributed by atoms with E-state index < -0.39 is 0 Å². The van der Waals surface area contributed by atoms with Crippen molar-refractivity contribution >= 4 is 33.3 Å². The van der Waals surface area contributed by atoms with E-state index in [2.05, 4.69) is 11.9 Å². The molecule has 0 fully saturated rings. The zero-order valence-corrected chi connectivity index (χ0v) is 19.9. The molecule has 2 aromatic carbocycles. The van der Waals surface area contributed by atoms with Crippen molar-refractivity contribution in [3.63, 3.8) is 0 Å². The fraction of sp³-hybridized carbons (Fsp3) is 0.240. The van der Waals surface area contributed by atoms with Crippen molar-refractivity contribution in [3.8, 4) is 22.4 Å². The standard InChI is InChI=1S/C25H24N4O4S/c1-5-11-33-23-16(7-6-8-19(23)32-4)17-13-21(30)27-24-22(17)14(2)28-29(24)25-26-18-10-9-15(31-3)12-20(18)34-25/h5-10,12,17H,1,11,13H2,2-4H3,(H,27,30)/t17-/m1/s1. The Hall–Kier alpha value is -3.85. The minimum atomic E-state index is -0.248. The summed E-state index contributed by atoms with van der Waals surface area (Å²) in [5.41, 5.74) is 3.46. The number of aryl methyl sites for hydroxylation is 1. The van der Waals surface area contributed by atoms with Crippen LogP contribution >= 0.6 is 11.3 Å². The number of anilines is 1. The highest BCUT2D eigenvalue weighted by Gasteiger charge is 2.35. The fourth-order valence-electron chi connectivity index (χ4n) is 4.33. The van der Waals surface area contributed by atoms with E-state index in [0.29, 0.717) is 29.1 Å². The van der Waals surface area contributed by atoms with Crippen LogP contribution in [0, 0.1) is 6.92 Å². The van der Waals surface area contributed by atoms with Gasteiger partial charge in [0, 0.05) is 23.5 Å². The summed E-state index contributed by atoms with van der Waals surface area (Å²) in [5, 5.41) is 8.47. The quantitative estimate of drug-likeness (QED) is 0.384. The summed E-state index contributed by atoms with van der Waals surface area (Å²) >= 11 is 1.49. The molecule has 8 nitrogen and oxygen atoms in total. The van der Waals surface area contributed by atoms with E-state index in [1.165, 1.54) is 11.3 Å². The molecule has 0 radical (unpaired) electrons. The van der Waals surface area contributed by atoms with Gasteiger partial charge in [0.1, 0.15) is 18.2 Å². The Morgan fingerprint density at radius 3 is 2.88 bits per heavy atom. The molecular formula is C25H24N4O4S. The van der Waals surface area contributed by atoms with Crippen LogP contribution in [0.3, 0.4) is 0 Å². The van der Waals surface area contributed by atoms with Gasteiger partial charge in [-0.3, -0.25) is 4.79 Å². The van der Waals surface area contributed by atoms with E-state index in [-0.39, 0.29) is 18.2 Å². The topological polar surface area (TPSA) is 87.5 Å². The Balaban J connectivity index is 1.65. The first-order chi connectivity index (χ1) is 16.5. The highest BCUT2D eigenvalue weighted by Crippen LogP contribution is 2.46. The van der Waals surface area contributed by atoms with E-state index in [4.69, 9.17) is 24.3 Å². The predicted molar refractivity (Wildman–Crippen MR) is 132 cm³/mol. The molecule has 3 heterocycles. The highest BCUT2D eigenvalue weighted by atomic mass is 32.1. The lowest BCUT2D eigenvalue weighted by Crippen LogP contribution is -2.25. The molecule has 4 aromatic rings. The zero-order valence-electron chi connectivity index (χ0n) is 19.1. The van der Waals surface area contributed by atoms with Gasteiger partial charge in [0.25, 0.3) is 0 Å². The largest absolute Gasteiger partial charge is 0.497 e. The van der Waals surface area contributed by atoms with Crippen molar-refractivity contribution in [1.82, 2.24) is 14.8 Å². The van der Waals surface area contributed by atoms with E-state index in [1.54, 1.807) is 25.0 Å². The molecule has 0 unspecified atom stereocenters. The van der Waals surface area contributed by atoms with Gasteiger partial charge in [-0.2, -0.15) is 9.78 Å². The van der Waals surface area contributed by atoms with Gasteiger partial charge >= 0.3 is 0 Å². The number of para-hydroxylation sites is 1. The minimum Gasteiger partial charge on any atom is -0.497 e. The van der Waals surface area contributed by atoms with Crippen LogP contribution in [0.4, 0.5) is 5.82 Å². The average molecular weight is 477 g/mol. The number of hydrogen-bond acceptors (Lipinski definition) is 7. The number of hydrogen-bond donors (Lipinski definition) is 1. The molecule has 5 rings (SSSR count). The van der Waals surface area contributed by atoms with Crippen molar-refractivity contribution < 1.29 is 19.0 Å². The molecule has 1 atom stereocenters. The molecule has 0 saturated heterocycles. The summed E-state index contributed by atoms with van der Waals surface area (Å²) in [6.45, 7) is 6.02. The number of rotatable bonds is 7. The summed E-state index contributed by atoms with van der Waals surface area (Å²) in [5.74, 6) is 2.26. The number of benzene rings is 2. The molecule has 0 aliphatic carbocycles. The van der Waals surface area contributed by atoms with E-state index in [0.717, 1.165) is 32.8 Å². The molecule has 1 amide bonds. The number of nitrogens with one attached hydrogen (secondary N) is 1. The van der Waals surface area contributed by atoms with Gasteiger partial charge in [0.2, 0.25) is 11.0 Å². The summed E-state index contributed by atoms with van der Waals surface area (Å²) in [7, 11) is 3.24. The Morgan fingerprint density at radius 1 is 1.26 bits per heavy atom. The SMILES string of the molecule is C=CCOc1c(OC)cccc1[C@H]1CC(=O)Nc2c1c(C)nn2-c1nc2ccc(OC)cc2s1. The normalized spacial score (nSPS) is 15.0. The fourth-order valence-corrected chi connectivity index (χ4v) is 5.28. The summed E-state index contributed by atoms with van der Waals surface area (Å²) < 4.78 is 19.6. The van der Waals surface area contributed by atoms with E-state index in [1.807, 2.05) is 43.3 Å². The Morgan fingerprint density at radius 2 is 2.12 bits per heavy atom. The number of thiazole rings is 1. The van der Waals surface area contributed by atoms with Gasteiger partial charge < -0.3 is 19.5 Å². The second-order valence-electron chi connectivity index (χ2n) is 7.87. The van der Waals surface area contributed by atoms with Crippen LogP contribution in [0.5, 0.6) is 17.2 Å². The molecule has 174 valence electrons. The third kappa shape index (κ3) is 3.67. The molecule has 1 N–H and O–H groups in total. The smallest absolute Gasteiger partial charge is 0.226 e. The predicted octanol–water partition coefficient (Wildman–Crippen LogP) is 4.85. The van der Waals surface area contributed by atoms with Crippen molar-refractivity contribution in [3.05, 3.63) is 65.9 Å². The third-order valence-electron chi connectivity index (χ3n) is 5.82. The lowest BCUT2D eigenvalue weighted by Gasteiger charge is -2.26. The summed E-state index contributed by atoms with van der Waals surface area (Å²) in [6.07, 6.45) is 1.95. The number of amides is 1. The molecule has 0 saturated carbocycles. The van der Waals surface area contributed by atoms with Crippen LogP contribution in [0.25, 0.3) is 15.3 Å². The maximum atomic E-state index is 12.9. The highest BCUT2D eigenvalue weighted by molar-refractivity contribution is 7.20. The number of carbonyl (C=O) groups is 1. The molecule has 2 aromatic heterocycles. The van der Waals surface area contributed by atoms with Crippen LogP contribution in [-0.4, -0.2) is 41.5 Å². The molecule has 0 bridgehead atoms. The van der Waals surface area contributed by atoms with Crippen molar-refractivity contribution in [2.75, 3.05) is 26.1 Å².